The SMILES string of the molecule is C=C(C)C(=O)OCCCC(C)Oc1ccc(C(C)C)cc1. The maximum Gasteiger partial charge on any atom is 0.333 e. The van der Waals surface area contributed by atoms with Crippen LogP contribution in [-0.4, -0.2) is 18.7 Å². The lowest BCUT2D eigenvalue weighted by molar-refractivity contribution is -0.139. The maximum absolute atomic E-state index is 11.2. The molecule has 0 aliphatic carbocycles. The van der Waals surface area contributed by atoms with Crippen molar-refractivity contribution in [3.05, 3.63) is 42.0 Å². The van der Waals surface area contributed by atoms with Gasteiger partial charge in [-0.1, -0.05) is 32.6 Å². The molecule has 0 aromatic heterocycles. The lowest BCUT2D eigenvalue weighted by Crippen LogP contribution is -2.14. The Balaban J connectivity index is 2.28. The molecule has 1 rings (SSSR count). The van der Waals surface area contributed by atoms with Gasteiger partial charge >= 0.3 is 5.97 Å². The number of esters is 1. The van der Waals surface area contributed by atoms with Crippen molar-refractivity contribution in [2.75, 3.05) is 6.61 Å². The van der Waals surface area contributed by atoms with Crippen LogP contribution in [0.1, 0.15) is 52.0 Å². The summed E-state index contributed by atoms with van der Waals surface area (Å²) in [5.41, 5.74) is 1.74. The number of carbonyl (C=O) groups excluding carboxylic acids is 1. The number of carbonyl (C=O) groups is 1. The highest BCUT2D eigenvalue weighted by molar-refractivity contribution is 5.86. The molecule has 1 atom stereocenters. The molecule has 0 saturated carbocycles. The zero-order valence-electron chi connectivity index (χ0n) is 13.5. The average Bonchev–Trinajstić information content (AvgIpc) is 2.43. The summed E-state index contributed by atoms with van der Waals surface area (Å²) in [6.07, 6.45) is 1.72. The normalized spacial score (nSPS) is 12.0. The molecule has 1 unspecified atom stereocenters. The summed E-state index contributed by atoms with van der Waals surface area (Å²) in [5, 5.41) is 0. The molecule has 0 fully saturated rings. The Morgan fingerprint density at radius 1 is 1.19 bits per heavy atom. The van der Waals surface area contributed by atoms with E-state index >= 15 is 0 Å². The van der Waals surface area contributed by atoms with Gasteiger partial charge in [0, 0.05) is 5.57 Å². The van der Waals surface area contributed by atoms with Gasteiger partial charge in [-0.05, 0) is 50.3 Å². The maximum atomic E-state index is 11.2. The Bertz CT molecular complexity index is 460. The van der Waals surface area contributed by atoms with E-state index in [1.807, 2.05) is 19.1 Å². The highest BCUT2D eigenvalue weighted by Crippen LogP contribution is 2.20. The molecule has 0 bridgehead atoms. The van der Waals surface area contributed by atoms with Crippen molar-refractivity contribution >= 4 is 5.97 Å². The fourth-order valence-electron chi connectivity index (χ4n) is 1.88. The van der Waals surface area contributed by atoms with Gasteiger partial charge in [-0.15, -0.1) is 0 Å². The summed E-state index contributed by atoms with van der Waals surface area (Å²) < 4.78 is 10.9. The second-order valence-electron chi connectivity index (χ2n) is 5.71. The summed E-state index contributed by atoms with van der Waals surface area (Å²) in [7, 11) is 0. The van der Waals surface area contributed by atoms with Crippen LogP contribution in [0.4, 0.5) is 0 Å². The zero-order chi connectivity index (χ0) is 15.8. The molecule has 3 heteroatoms. The standard InChI is InChI=1S/C18H26O3/c1-13(2)16-8-10-17(11-9-16)21-15(5)7-6-12-20-18(19)14(3)4/h8-11,13,15H,3,6-7,12H2,1-2,4-5H3. The summed E-state index contributed by atoms with van der Waals surface area (Å²) in [4.78, 5) is 11.2. The first-order chi connectivity index (χ1) is 9.90. The minimum absolute atomic E-state index is 0.0958. The molecule has 3 nitrogen and oxygen atoms in total. The van der Waals surface area contributed by atoms with E-state index in [4.69, 9.17) is 9.47 Å². The molecule has 0 aliphatic rings. The third-order valence-corrected chi connectivity index (χ3v) is 3.22. The molecule has 1 aromatic rings. The molecule has 0 spiro atoms. The smallest absolute Gasteiger partial charge is 0.333 e. The van der Waals surface area contributed by atoms with E-state index in [2.05, 4.69) is 32.6 Å². The molecular weight excluding hydrogens is 264 g/mol. The minimum atomic E-state index is -0.326. The molecule has 0 radical (unpaired) electrons. The number of hydrogen-bond donors (Lipinski definition) is 0. The summed E-state index contributed by atoms with van der Waals surface area (Å²) in [5.74, 6) is 1.08. The van der Waals surface area contributed by atoms with Crippen LogP contribution in [0.2, 0.25) is 0 Å². The van der Waals surface area contributed by atoms with Crippen molar-refractivity contribution in [3.63, 3.8) is 0 Å². The van der Waals surface area contributed by atoms with Crippen molar-refractivity contribution in [1.82, 2.24) is 0 Å². The second kappa shape index (κ2) is 8.50. The summed E-state index contributed by atoms with van der Waals surface area (Å²) in [6.45, 7) is 12.0. The predicted molar refractivity (Wildman–Crippen MR) is 85.6 cm³/mol. The van der Waals surface area contributed by atoms with Gasteiger partial charge in [-0.3, -0.25) is 0 Å². The third kappa shape index (κ3) is 6.48. The first kappa shape index (κ1) is 17.3. The monoisotopic (exact) mass is 290 g/mol. The number of rotatable bonds is 8. The van der Waals surface area contributed by atoms with Gasteiger partial charge in [0.15, 0.2) is 0 Å². The van der Waals surface area contributed by atoms with E-state index in [0.717, 1.165) is 18.6 Å². The van der Waals surface area contributed by atoms with Crippen LogP contribution in [0, 0.1) is 0 Å². The minimum Gasteiger partial charge on any atom is -0.491 e. The Morgan fingerprint density at radius 3 is 2.33 bits per heavy atom. The quantitative estimate of drug-likeness (QED) is 0.402. The van der Waals surface area contributed by atoms with Crippen LogP contribution in [-0.2, 0) is 9.53 Å². The van der Waals surface area contributed by atoms with Crippen molar-refractivity contribution in [2.45, 2.75) is 52.6 Å². The van der Waals surface area contributed by atoms with Gasteiger partial charge in [0.2, 0.25) is 0 Å². The van der Waals surface area contributed by atoms with Crippen LogP contribution < -0.4 is 4.74 Å². The molecule has 116 valence electrons. The van der Waals surface area contributed by atoms with Crippen LogP contribution >= 0.6 is 0 Å². The van der Waals surface area contributed by atoms with Gasteiger partial charge in [-0.2, -0.15) is 0 Å². The fraction of sp³-hybridized carbons (Fsp3) is 0.500. The Morgan fingerprint density at radius 2 is 1.81 bits per heavy atom. The topological polar surface area (TPSA) is 35.5 Å². The van der Waals surface area contributed by atoms with E-state index < -0.39 is 0 Å². The Labute approximate surface area is 128 Å². The molecular formula is C18H26O3. The van der Waals surface area contributed by atoms with Gasteiger partial charge in [-0.25, -0.2) is 4.79 Å². The van der Waals surface area contributed by atoms with Gasteiger partial charge in [0.05, 0.1) is 12.7 Å². The van der Waals surface area contributed by atoms with E-state index in [-0.39, 0.29) is 12.1 Å². The van der Waals surface area contributed by atoms with Crippen molar-refractivity contribution in [3.8, 4) is 5.75 Å². The Kier molecular flexibility index (Phi) is 7.00. The second-order valence-corrected chi connectivity index (χ2v) is 5.71. The summed E-state index contributed by atoms with van der Waals surface area (Å²) >= 11 is 0. The van der Waals surface area contributed by atoms with Gasteiger partial charge in [0.1, 0.15) is 5.75 Å². The van der Waals surface area contributed by atoms with E-state index in [9.17, 15) is 4.79 Å². The van der Waals surface area contributed by atoms with Crippen molar-refractivity contribution < 1.29 is 14.3 Å². The molecule has 0 N–H and O–H groups in total. The highest BCUT2D eigenvalue weighted by atomic mass is 16.5. The lowest BCUT2D eigenvalue weighted by Gasteiger charge is -2.15. The van der Waals surface area contributed by atoms with Crippen LogP contribution in [0.25, 0.3) is 0 Å². The first-order valence-corrected chi connectivity index (χ1v) is 7.49. The van der Waals surface area contributed by atoms with E-state index in [1.54, 1.807) is 6.92 Å². The zero-order valence-corrected chi connectivity index (χ0v) is 13.5. The van der Waals surface area contributed by atoms with Crippen LogP contribution in [0.15, 0.2) is 36.4 Å². The van der Waals surface area contributed by atoms with Gasteiger partial charge < -0.3 is 9.47 Å². The van der Waals surface area contributed by atoms with E-state index in [1.165, 1.54) is 5.56 Å². The molecule has 0 heterocycles. The van der Waals surface area contributed by atoms with Crippen molar-refractivity contribution in [2.24, 2.45) is 0 Å². The van der Waals surface area contributed by atoms with Crippen LogP contribution in [0.5, 0.6) is 5.75 Å². The van der Waals surface area contributed by atoms with E-state index in [0.29, 0.717) is 18.1 Å². The molecule has 21 heavy (non-hydrogen) atoms. The first-order valence-electron chi connectivity index (χ1n) is 7.49. The molecule has 0 amide bonds. The molecule has 0 aliphatic heterocycles. The van der Waals surface area contributed by atoms with Crippen LogP contribution in [0.3, 0.4) is 0 Å². The largest absolute Gasteiger partial charge is 0.491 e. The lowest BCUT2D eigenvalue weighted by atomic mass is 10.0. The Hall–Kier alpha value is -1.77. The number of benzene rings is 1. The molecule has 0 saturated heterocycles. The average molecular weight is 290 g/mol. The number of hydrogen-bond acceptors (Lipinski definition) is 3. The summed E-state index contributed by atoms with van der Waals surface area (Å²) in [6, 6.07) is 8.21. The molecule has 1 aromatic carbocycles. The fourth-order valence-corrected chi connectivity index (χ4v) is 1.88. The highest BCUT2D eigenvalue weighted by Gasteiger charge is 2.07. The number of ether oxygens (including phenoxy) is 2. The third-order valence-electron chi connectivity index (χ3n) is 3.22. The predicted octanol–water partition coefficient (Wildman–Crippen LogP) is 4.48. The van der Waals surface area contributed by atoms with Crippen molar-refractivity contribution in [1.29, 1.82) is 0 Å². The van der Waals surface area contributed by atoms with Gasteiger partial charge in [0.25, 0.3) is 0 Å².